The van der Waals surface area contributed by atoms with E-state index in [1.54, 1.807) is 6.20 Å². The predicted molar refractivity (Wildman–Crippen MR) is 136 cm³/mol. The van der Waals surface area contributed by atoms with E-state index in [4.69, 9.17) is 21.1 Å². The van der Waals surface area contributed by atoms with Crippen molar-refractivity contribution in [2.24, 2.45) is 0 Å². The molecular weight excluding hydrogens is 466 g/mol. The highest BCUT2D eigenvalue weighted by Gasteiger charge is 2.42. The maximum absolute atomic E-state index is 11.2. The highest BCUT2D eigenvalue weighted by molar-refractivity contribution is 6.32. The Bertz CT molecular complexity index is 1080. The van der Waals surface area contributed by atoms with Gasteiger partial charge in [-0.25, -0.2) is 0 Å². The van der Waals surface area contributed by atoms with E-state index in [0.29, 0.717) is 43.4 Å². The molecule has 0 amide bonds. The van der Waals surface area contributed by atoms with Gasteiger partial charge in [0.2, 0.25) is 0 Å². The molecule has 0 radical (unpaired) electrons. The molecule has 4 rings (SSSR count). The average molecular weight is 500 g/mol. The van der Waals surface area contributed by atoms with Gasteiger partial charge in [-0.05, 0) is 67.3 Å². The Balaban J connectivity index is 1.31. The lowest BCUT2D eigenvalue weighted by Gasteiger charge is -2.42. The van der Waals surface area contributed by atoms with Crippen LogP contribution in [0.1, 0.15) is 29.5 Å². The second-order valence-corrected chi connectivity index (χ2v) is 9.77. The summed E-state index contributed by atoms with van der Waals surface area (Å²) >= 11 is 6.25. The molecule has 7 nitrogen and oxygen atoms in total. The molecule has 2 atom stereocenters. The second-order valence-electron chi connectivity index (χ2n) is 9.40. The van der Waals surface area contributed by atoms with Crippen molar-refractivity contribution in [3.63, 3.8) is 0 Å². The minimum absolute atomic E-state index is 0.00455. The number of aryl methyl sites for hydroxylation is 3. The molecule has 0 unspecified atom stereocenters. The summed E-state index contributed by atoms with van der Waals surface area (Å²) in [7, 11) is 0. The third kappa shape index (κ3) is 6.76. The first kappa shape index (κ1) is 25.5. The number of β-amino-alcohol motifs (C(OH)–C–C–N with tert-alkyl or cyclic N) is 1. The summed E-state index contributed by atoms with van der Waals surface area (Å²) in [4.78, 5) is 2.14. The number of hydrogen-bond acceptors (Lipinski definition) is 6. The molecule has 3 aromatic rings. The van der Waals surface area contributed by atoms with Gasteiger partial charge in [0.25, 0.3) is 0 Å². The Morgan fingerprint density at radius 2 is 1.91 bits per heavy atom. The van der Waals surface area contributed by atoms with Crippen molar-refractivity contribution in [1.29, 1.82) is 0 Å². The van der Waals surface area contributed by atoms with Crippen LogP contribution in [-0.4, -0.2) is 62.9 Å². The highest BCUT2D eigenvalue weighted by atomic mass is 35.5. The maximum atomic E-state index is 11.2. The van der Waals surface area contributed by atoms with Crippen LogP contribution in [0.25, 0.3) is 0 Å². The fraction of sp³-hybridized carbons (Fsp3) is 0.444. The number of aromatic nitrogens is 2. The van der Waals surface area contributed by atoms with Crippen molar-refractivity contribution in [2.45, 2.75) is 51.5 Å². The fourth-order valence-corrected chi connectivity index (χ4v) is 4.57. The van der Waals surface area contributed by atoms with Gasteiger partial charge in [0.1, 0.15) is 23.7 Å². The second kappa shape index (κ2) is 11.4. The predicted octanol–water partition coefficient (Wildman–Crippen LogP) is 4.00. The fourth-order valence-electron chi connectivity index (χ4n) is 4.46. The van der Waals surface area contributed by atoms with Crippen molar-refractivity contribution in [1.82, 2.24) is 14.7 Å². The number of ether oxygens (including phenoxy) is 2. The van der Waals surface area contributed by atoms with Gasteiger partial charge in [-0.2, -0.15) is 5.10 Å². The zero-order chi connectivity index (χ0) is 24.8. The third-order valence-corrected chi connectivity index (χ3v) is 7.00. The summed E-state index contributed by atoms with van der Waals surface area (Å²) in [6.45, 7) is 6.94. The van der Waals surface area contributed by atoms with Gasteiger partial charge in [-0.3, -0.25) is 9.58 Å². The number of benzene rings is 2. The van der Waals surface area contributed by atoms with Gasteiger partial charge < -0.3 is 19.7 Å². The van der Waals surface area contributed by atoms with Crippen molar-refractivity contribution < 1.29 is 19.7 Å². The van der Waals surface area contributed by atoms with Crippen molar-refractivity contribution in [2.75, 3.05) is 26.3 Å². The van der Waals surface area contributed by atoms with Crippen LogP contribution in [0.4, 0.5) is 0 Å². The summed E-state index contributed by atoms with van der Waals surface area (Å²) in [6, 6.07) is 13.6. The number of likely N-dealkylation sites (tertiary alicyclic amines) is 1. The smallest absolute Gasteiger partial charge is 0.137 e. The summed E-state index contributed by atoms with van der Waals surface area (Å²) < 4.78 is 13.7. The summed E-state index contributed by atoms with van der Waals surface area (Å²) in [5, 5.41) is 26.7. The summed E-state index contributed by atoms with van der Waals surface area (Å²) in [5.41, 5.74) is 1.57. The van der Waals surface area contributed by atoms with Gasteiger partial charge in [0.05, 0.1) is 12.7 Å². The van der Waals surface area contributed by atoms with E-state index in [2.05, 4.69) is 16.1 Å². The summed E-state index contributed by atoms with van der Waals surface area (Å²) in [6.07, 6.45) is 4.21. The minimum Gasteiger partial charge on any atom is -0.494 e. The normalized spacial score (nSPS) is 20.7. The molecule has 0 aliphatic carbocycles. The topological polar surface area (TPSA) is 80.0 Å². The first-order valence-corrected chi connectivity index (χ1v) is 12.4. The Morgan fingerprint density at radius 1 is 1.11 bits per heavy atom. The monoisotopic (exact) mass is 499 g/mol. The number of nitrogens with zero attached hydrogens (tertiary/aromatic N) is 3. The third-order valence-electron chi connectivity index (χ3n) is 6.40. The van der Waals surface area contributed by atoms with E-state index in [1.165, 1.54) is 0 Å². The molecule has 188 valence electrons. The van der Waals surface area contributed by atoms with Crippen LogP contribution in [0.2, 0.25) is 5.02 Å². The Kier molecular flexibility index (Phi) is 8.34. The van der Waals surface area contributed by atoms with Gasteiger partial charge in [-0.15, -0.1) is 0 Å². The van der Waals surface area contributed by atoms with E-state index in [9.17, 15) is 10.2 Å². The van der Waals surface area contributed by atoms with E-state index >= 15 is 0 Å². The van der Waals surface area contributed by atoms with Crippen LogP contribution in [0.5, 0.6) is 11.5 Å². The molecule has 2 N–H and O–H groups in total. The molecule has 1 aromatic heterocycles. The lowest BCUT2D eigenvalue weighted by atomic mass is 9.90. The lowest BCUT2D eigenvalue weighted by molar-refractivity contribution is -0.140. The number of hydrogen-bond donors (Lipinski definition) is 2. The van der Waals surface area contributed by atoms with Gasteiger partial charge in [0.15, 0.2) is 0 Å². The van der Waals surface area contributed by atoms with Crippen molar-refractivity contribution in [3.05, 3.63) is 76.6 Å². The van der Waals surface area contributed by atoms with Crippen molar-refractivity contribution in [3.8, 4) is 11.5 Å². The Morgan fingerprint density at radius 3 is 2.66 bits per heavy atom. The average Bonchev–Trinajstić information content (AvgIpc) is 3.35. The van der Waals surface area contributed by atoms with Crippen molar-refractivity contribution >= 4 is 11.6 Å². The Labute approximate surface area is 211 Å². The first-order valence-electron chi connectivity index (χ1n) is 12.0. The van der Waals surface area contributed by atoms with Gasteiger partial charge in [0, 0.05) is 50.0 Å². The van der Waals surface area contributed by atoms with Crippen LogP contribution in [0.3, 0.4) is 0 Å². The van der Waals surface area contributed by atoms with E-state index in [1.807, 2.05) is 61.1 Å². The summed E-state index contributed by atoms with van der Waals surface area (Å²) in [5.74, 6) is 1.46. The Hall–Kier alpha value is -2.58. The zero-order valence-electron chi connectivity index (χ0n) is 20.4. The molecule has 1 aliphatic heterocycles. The first-order chi connectivity index (χ1) is 16.8. The van der Waals surface area contributed by atoms with Crippen LogP contribution >= 0.6 is 11.6 Å². The minimum atomic E-state index is -1.36. The molecule has 1 fully saturated rings. The molecule has 2 heterocycles. The molecule has 1 aliphatic rings. The lowest BCUT2D eigenvalue weighted by Crippen LogP contribution is -2.59. The molecule has 35 heavy (non-hydrogen) atoms. The molecule has 8 heteroatoms. The number of halogens is 1. The van der Waals surface area contributed by atoms with Gasteiger partial charge in [-0.1, -0.05) is 23.7 Å². The number of aliphatic hydroxyl groups excluding tert-OH is 1. The zero-order valence-corrected chi connectivity index (χ0v) is 21.1. The SMILES string of the molecule is Cc1cc(OC[C@@]2(O)CN(Cc3cccc(OCCCn4cccn4)c3)CC[C@@H]2O)cc(C)c1Cl. The molecule has 0 bridgehead atoms. The highest BCUT2D eigenvalue weighted by Crippen LogP contribution is 2.29. The molecule has 0 saturated carbocycles. The largest absolute Gasteiger partial charge is 0.494 e. The van der Waals surface area contributed by atoms with Gasteiger partial charge >= 0.3 is 0 Å². The number of piperidine rings is 1. The molecule has 0 spiro atoms. The van der Waals surface area contributed by atoms with Crippen LogP contribution in [0.15, 0.2) is 54.9 Å². The number of rotatable bonds is 10. The number of aliphatic hydroxyl groups is 2. The van der Waals surface area contributed by atoms with E-state index in [0.717, 1.165) is 35.4 Å². The van der Waals surface area contributed by atoms with Crippen LogP contribution < -0.4 is 9.47 Å². The molecule has 1 saturated heterocycles. The maximum Gasteiger partial charge on any atom is 0.137 e. The van der Waals surface area contributed by atoms with E-state index in [-0.39, 0.29) is 6.61 Å². The quantitative estimate of drug-likeness (QED) is 0.410. The molecular formula is C27H34ClN3O4. The van der Waals surface area contributed by atoms with Crippen LogP contribution in [-0.2, 0) is 13.1 Å². The van der Waals surface area contributed by atoms with E-state index < -0.39 is 11.7 Å². The van der Waals surface area contributed by atoms with Crippen LogP contribution in [0, 0.1) is 13.8 Å². The standard InChI is InChI=1S/C27H34ClN3O4/c1-20-14-24(15-21(2)26(20)28)35-19-27(33)18-30(12-8-25(27)32)17-22-6-3-7-23(16-22)34-13-5-11-31-10-4-9-29-31/h3-4,6-7,9-10,14-16,25,32-33H,5,8,11-13,17-19H2,1-2H3/t25-,27-/m0/s1. The molecule has 2 aromatic carbocycles.